The highest BCUT2D eigenvalue weighted by molar-refractivity contribution is 9.10. The van der Waals surface area contributed by atoms with Gasteiger partial charge in [-0.1, -0.05) is 34.1 Å². The minimum atomic E-state index is -0.584. The van der Waals surface area contributed by atoms with E-state index in [-0.39, 0.29) is 11.9 Å². The number of carbonyl (C=O) groups is 2. The van der Waals surface area contributed by atoms with Crippen LogP contribution in [0.2, 0.25) is 0 Å². The molecule has 26 heavy (non-hydrogen) atoms. The van der Waals surface area contributed by atoms with Crippen LogP contribution in [0, 0.1) is 0 Å². The van der Waals surface area contributed by atoms with Gasteiger partial charge in [-0.15, -0.1) is 0 Å². The largest absolute Gasteiger partial charge is 0.444 e. The molecule has 1 atom stereocenters. The summed E-state index contributed by atoms with van der Waals surface area (Å²) in [5.41, 5.74) is 1.38. The molecular weight excluding hydrogens is 396 g/mol. The highest BCUT2D eigenvalue weighted by Crippen LogP contribution is 2.18. The third-order valence-electron chi connectivity index (χ3n) is 3.49. The molecule has 6 heteroatoms. The topological polar surface area (TPSA) is 67.4 Å². The summed E-state index contributed by atoms with van der Waals surface area (Å²) in [6.45, 7) is 7.30. The third-order valence-corrected chi connectivity index (χ3v) is 4.02. The van der Waals surface area contributed by atoms with Gasteiger partial charge in [-0.25, -0.2) is 4.79 Å². The Labute approximate surface area is 162 Å². The van der Waals surface area contributed by atoms with Crippen molar-refractivity contribution < 1.29 is 14.3 Å². The van der Waals surface area contributed by atoms with Gasteiger partial charge >= 0.3 is 6.09 Å². The third kappa shape index (κ3) is 6.19. The Morgan fingerprint density at radius 1 is 1.08 bits per heavy atom. The van der Waals surface area contributed by atoms with E-state index in [0.717, 1.165) is 10.0 Å². The van der Waals surface area contributed by atoms with Crippen LogP contribution in [0.4, 0.5) is 10.5 Å². The average Bonchev–Trinajstić information content (AvgIpc) is 2.53. The fourth-order valence-corrected chi connectivity index (χ4v) is 2.54. The second-order valence-corrected chi connectivity index (χ2v) is 7.87. The lowest BCUT2D eigenvalue weighted by molar-refractivity contribution is 0.0635. The molecule has 2 aromatic carbocycles. The standard InChI is InChI=1S/C20H23BrN2O3/c1-13(14-8-10-16(21)11-9-14)22-18(24)15-6-5-7-17(12-15)23-19(25)26-20(2,3)4/h5-13H,1-4H3,(H,22,24)(H,23,25)/t13-/m1/s1. The minimum Gasteiger partial charge on any atom is -0.444 e. The van der Waals surface area contributed by atoms with E-state index >= 15 is 0 Å². The van der Waals surface area contributed by atoms with Gasteiger partial charge in [0.05, 0.1) is 6.04 Å². The first-order valence-corrected chi connectivity index (χ1v) is 9.10. The van der Waals surface area contributed by atoms with Crippen molar-refractivity contribution in [3.8, 4) is 0 Å². The maximum absolute atomic E-state index is 12.5. The molecule has 0 saturated carbocycles. The number of carbonyl (C=O) groups excluding carboxylic acids is 2. The molecule has 0 radical (unpaired) electrons. The van der Waals surface area contributed by atoms with Crippen molar-refractivity contribution in [1.29, 1.82) is 0 Å². The number of hydrogen-bond donors (Lipinski definition) is 2. The van der Waals surface area contributed by atoms with Crippen molar-refractivity contribution in [1.82, 2.24) is 5.32 Å². The highest BCUT2D eigenvalue weighted by atomic mass is 79.9. The molecule has 0 heterocycles. The number of hydrogen-bond acceptors (Lipinski definition) is 3. The van der Waals surface area contributed by atoms with E-state index in [0.29, 0.717) is 11.3 Å². The summed E-state index contributed by atoms with van der Waals surface area (Å²) in [4.78, 5) is 24.4. The molecule has 5 nitrogen and oxygen atoms in total. The van der Waals surface area contributed by atoms with Gasteiger partial charge in [0.15, 0.2) is 0 Å². The first-order valence-electron chi connectivity index (χ1n) is 8.30. The number of nitrogens with one attached hydrogen (secondary N) is 2. The van der Waals surface area contributed by atoms with E-state index in [9.17, 15) is 9.59 Å². The molecule has 2 rings (SSSR count). The van der Waals surface area contributed by atoms with Gasteiger partial charge < -0.3 is 10.1 Å². The van der Waals surface area contributed by atoms with E-state index in [4.69, 9.17) is 4.74 Å². The number of anilines is 1. The number of amides is 2. The zero-order chi connectivity index (χ0) is 19.3. The molecule has 2 aromatic rings. The van der Waals surface area contributed by atoms with E-state index in [1.165, 1.54) is 0 Å². The van der Waals surface area contributed by atoms with Gasteiger partial charge in [0, 0.05) is 15.7 Å². The van der Waals surface area contributed by atoms with Crippen LogP contribution >= 0.6 is 15.9 Å². The summed E-state index contributed by atoms with van der Waals surface area (Å²) in [6.07, 6.45) is -0.557. The molecule has 0 bridgehead atoms. The normalized spacial score (nSPS) is 12.2. The zero-order valence-corrected chi connectivity index (χ0v) is 16.9. The van der Waals surface area contributed by atoms with Crippen LogP contribution < -0.4 is 10.6 Å². The predicted octanol–water partition coefficient (Wildman–Crippen LogP) is 5.29. The number of rotatable bonds is 4. The Bertz CT molecular complexity index is 782. The Kier molecular flexibility index (Phi) is 6.42. The molecule has 138 valence electrons. The van der Waals surface area contributed by atoms with Crippen LogP contribution in [0.3, 0.4) is 0 Å². The number of halogens is 1. The minimum absolute atomic E-state index is 0.141. The smallest absolute Gasteiger partial charge is 0.412 e. The number of ether oxygens (including phenoxy) is 1. The first-order chi connectivity index (χ1) is 12.1. The highest BCUT2D eigenvalue weighted by Gasteiger charge is 2.17. The Morgan fingerprint density at radius 3 is 2.35 bits per heavy atom. The molecule has 0 saturated heterocycles. The first kappa shape index (κ1) is 20.0. The fraction of sp³-hybridized carbons (Fsp3) is 0.300. The Hall–Kier alpha value is -2.34. The maximum atomic E-state index is 12.5. The van der Waals surface area contributed by atoms with Crippen LogP contribution in [-0.2, 0) is 4.74 Å². The summed E-state index contributed by atoms with van der Waals surface area (Å²) in [6, 6.07) is 14.4. The van der Waals surface area contributed by atoms with E-state index in [1.807, 2.05) is 31.2 Å². The zero-order valence-electron chi connectivity index (χ0n) is 15.3. The molecule has 0 fully saturated rings. The summed E-state index contributed by atoms with van der Waals surface area (Å²) < 4.78 is 6.21. The average molecular weight is 419 g/mol. The molecular formula is C20H23BrN2O3. The van der Waals surface area contributed by atoms with Crippen molar-refractivity contribution in [2.75, 3.05) is 5.32 Å². The molecule has 2 N–H and O–H groups in total. The summed E-state index contributed by atoms with van der Waals surface area (Å²) in [5.74, 6) is -0.215. The van der Waals surface area contributed by atoms with Crippen molar-refractivity contribution in [3.05, 3.63) is 64.1 Å². The van der Waals surface area contributed by atoms with Crippen molar-refractivity contribution in [2.24, 2.45) is 0 Å². The van der Waals surface area contributed by atoms with Crippen molar-refractivity contribution in [2.45, 2.75) is 39.3 Å². The van der Waals surface area contributed by atoms with Crippen molar-refractivity contribution in [3.63, 3.8) is 0 Å². The quantitative estimate of drug-likeness (QED) is 0.708. The molecule has 0 aliphatic heterocycles. The van der Waals surface area contributed by atoms with Gasteiger partial charge in [-0.05, 0) is 63.6 Å². The summed E-state index contributed by atoms with van der Waals surface area (Å²) >= 11 is 3.40. The molecule has 0 unspecified atom stereocenters. The monoisotopic (exact) mass is 418 g/mol. The number of benzene rings is 2. The van der Waals surface area contributed by atoms with Gasteiger partial charge in [-0.3, -0.25) is 10.1 Å². The fourth-order valence-electron chi connectivity index (χ4n) is 2.27. The van der Waals surface area contributed by atoms with Crippen molar-refractivity contribution >= 4 is 33.6 Å². The van der Waals surface area contributed by atoms with Crippen LogP contribution in [0.1, 0.15) is 49.7 Å². The SMILES string of the molecule is C[C@@H](NC(=O)c1cccc(NC(=O)OC(C)(C)C)c1)c1ccc(Br)cc1. The molecule has 0 aliphatic carbocycles. The summed E-state index contributed by atoms with van der Waals surface area (Å²) in [7, 11) is 0. The predicted molar refractivity (Wildman–Crippen MR) is 106 cm³/mol. The molecule has 0 aliphatic rings. The van der Waals surface area contributed by atoms with E-state index in [1.54, 1.807) is 45.0 Å². The molecule has 0 aromatic heterocycles. The lowest BCUT2D eigenvalue weighted by Gasteiger charge is -2.20. The van der Waals surface area contributed by atoms with Crippen LogP contribution in [0.15, 0.2) is 53.0 Å². The van der Waals surface area contributed by atoms with Gasteiger partial charge in [0.1, 0.15) is 5.60 Å². The van der Waals surface area contributed by atoms with Crippen LogP contribution in [0.5, 0.6) is 0 Å². The Morgan fingerprint density at radius 2 is 1.73 bits per heavy atom. The lowest BCUT2D eigenvalue weighted by atomic mass is 10.1. The lowest BCUT2D eigenvalue weighted by Crippen LogP contribution is -2.28. The van der Waals surface area contributed by atoms with Crippen LogP contribution in [-0.4, -0.2) is 17.6 Å². The van der Waals surface area contributed by atoms with E-state index < -0.39 is 11.7 Å². The van der Waals surface area contributed by atoms with Gasteiger partial charge in [-0.2, -0.15) is 0 Å². The van der Waals surface area contributed by atoms with Gasteiger partial charge in [0.2, 0.25) is 0 Å². The second-order valence-electron chi connectivity index (χ2n) is 6.95. The molecule has 2 amide bonds. The van der Waals surface area contributed by atoms with E-state index in [2.05, 4.69) is 26.6 Å². The second kappa shape index (κ2) is 8.36. The Balaban J connectivity index is 2.03. The van der Waals surface area contributed by atoms with Gasteiger partial charge in [0.25, 0.3) is 5.91 Å². The molecule has 0 spiro atoms. The van der Waals surface area contributed by atoms with Crippen LogP contribution in [0.25, 0.3) is 0 Å². The summed E-state index contributed by atoms with van der Waals surface area (Å²) in [5, 5.41) is 5.59. The maximum Gasteiger partial charge on any atom is 0.412 e.